The second-order valence-corrected chi connectivity index (χ2v) is 6.98. The molecule has 0 spiro atoms. The lowest BCUT2D eigenvalue weighted by Crippen LogP contribution is -2.76. The summed E-state index contributed by atoms with van der Waals surface area (Å²) in [6.07, 6.45) is -16.6. The Bertz CT molecular complexity index is 670. The highest BCUT2D eigenvalue weighted by Gasteiger charge is 2.71. The highest BCUT2D eigenvalue weighted by Crippen LogP contribution is 2.43. The fourth-order valence-corrected chi connectivity index (χ4v) is 3.41. The van der Waals surface area contributed by atoms with Gasteiger partial charge < -0.3 is 64.5 Å². The summed E-state index contributed by atoms with van der Waals surface area (Å²) < 4.78 is 24.7. The van der Waals surface area contributed by atoms with Crippen LogP contribution in [0.5, 0.6) is 0 Å². The number of fused-ring (bicyclic) bond motifs is 1. The van der Waals surface area contributed by atoms with Gasteiger partial charge in [-0.05, 0) is 0 Å². The van der Waals surface area contributed by atoms with Crippen LogP contribution in [0.3, 0.4) is 0 Å². The van der Waals surface area contributed by atoms with Gasteiger partial charge in [0.05, 0.1) is 6.61 Å². The monoisotopic (exact) mass is 442 g/mol. The molecule has 0 bridgehead atoms. The molecular formula is C15H22O15. The lowest BCUT2D eigenvalue weighted by molar-refractivity contribution is -0.477. The maximum absolute atomic E-state index is 11.8. The molecule has 0 saturated carbocycles. The zero-order chi connectivity index (χ0) is 22.4. The van der Waals surface area contributed by atoms with Gasteiger partial charge in [-0.3, -0.25) is 9.59 Å². The van der Waals surface area contributed by atoms with Crippen molar-refractivity contribution in [1.29, 1.82) is 0 Å². The van der Waals surface area contributed by atoms with E-state index in [2.05, 4.69) is 4.74 Å². The van der Waals surface area contributed by atoms with Gasteiger partial charge in [-0.15, -0.1) is 0 Å². The van der Waals surface area contributed by atoms with Gasteiger partial charge in [0.15, 0.2) is 18.7 Å². The Kier molecular flexibility index (Phi) is 6.34. The van der Waals surface area contributed by atoms with Gasteiger partial charge in [-0.1, -0.05) is 0 Å². The van der Waals surface area contributed by atoms with Gasteiger partial charge in [-0.25, -0.2) is 0 Å². The third-order valence-electron chi connectivity index (χ3n) is 5.03. The summed E-state index contributed by atoms with van der Waals surface area (Å²) in [5.41, 5.74) is 0. The minimum Gasteiger partial charge on any atom is -0.422 e. The van der Waals surface area contributed by atoms with E-state index in [1.54, 1.807) is 0 Å². The van der Waals surface area contributed by atoms with Crippen LogP contribution in [0.25, 0.3) is 0 Å². The number of aliphatic hydroxyl groups is 8. The predicted octanol–water partition coefficient (Wildman–Crippen LogP) is -6.25. The molecule has 3 saturated heterocycles. The lowest BCUT2D eigenvalue weighted by Gasteiger charge is -2.52. The van der Waals surface area contributed by atoms with Gasteiger partial charge in [0.2, 0.25) is 0 Å². The normalized spacial score (nSPS) is 49.6. The number of aliphatic hydroxyl groups excluding tert-OH is 7. The molecule has 30 heavy (non-hydrogen) atoms. The first kappa shape index (κ1) is 23.2. The molecule has 0 amide bonds. The Balaban J connectivity index is 1.92. The third-order valence-corrected chi connectivity index (χ3v) is 5.03. The highest BCUT2D eigenvalue weighted by molar-refractivity contribution is 5.92. The van der Waals surface area contributed by atoms with Crippen LogP contribution in [-0.2, 0) is 33.3 Å². The van der Waals surface area contributed by atoms with E-state index in [1.165, 1.54) is 0 Å². The Morgan fingerprint density at radius 2 is 1.60 bits per heavy atom. The molecule has 15 heteroatoms. The molecule has 3 aliphatic heterocycles. The smallest absolute Gasteiger partial charge is 0.320 e. The number of hydrogen-bond donors (Lipinski definition) is 8. The van der Waals surface area contributed by atoms with Crippen molar-refractivity contribution in [2.75, 3.05) is 13.2 Å². The molecule has 15 nitrogen and oxygen atoms in total. The SMILES string of the molecule is O=C1CC(=O)O[C@]2(O)[C@@H](O)[C@@H](O)[C@@H](O[C@H]3[C@H](O)[C@@H](O)[C@H](O)O[C@@H]3CO)O[C@]2(CO)O1. The molecule has 8 N–H and O–H groups in total. The van der Waals surface area contributed by atoms with Crippen molar-refractivity contribution in [3.8, 4) is 0 Å². The standard InChI is InChI=1S/C15H22O15/c16-2-4-10(7(20)8(21)12(24)26-4)27-13-9(22)11(23)15(25)14(3-17,30-13)28-5(18)1-6(19)29-15/h4,7-13,16-17,20-25H,1-3H2/t4-,7-,8-,9-,10-,11+,12-,13+,14+,15-/m1/s1. The van der Waals surface area contributed by atoms with Crippen molar-refractivity contribution in [1.82, 2.24) is 0 Å². The summed E-state index contributed by atoms with van der Waals surface area (Å²) in [5, 5.41) is 79.9. The van der Waals surface area contributed by atoms with Crippen molar-refractivity contribution < 1.29 is 74.1 Å². The maximum atomic E-state index is 11.8. The van der Waals surface area contributed by atoms with Crippen LogP contribution in [0, 0.1) is 0 Å². The van der Waals surface area contributed by atoms with Crippen molar-refractivity contribution in [2.24, 2.45) is 0 Å². The van der Waals surface area contributed by atoms with Gasteiger partial charge in [0.1, 0.15) is 43.5 Å². The number of ether oxygens (including phenoxy) is 5. The number of esters is 2. The molecule has 0 unspecified atom stereocenters. The van der Waals surface area contributed by atoms with Crippen LogP contribution < -0.4 is 0 Å². The zero-order valence-corrected chi connectivity index (χ0v) is 15.2. The van der Waals surface area contributed by atoms with E-state index < -0.39 is 92.4 Å². The van der Waals surface area contributed by atoms with Crippen LogP contribution in [0.15, 0.2) is 0 Å². The van der Waals surface area contributed by atoms with E-state index in [9.17, 15) is 50.4 Å². The molecule has 3 fully saturated rings. The first-order valence-corrected chi connectivity index (χ1v) is 8.76. The van der Waals surface area contributed by atoms with Crippen molar-refractivity contribution in [3.05, 3.63) is 0 Å². The van der Waals surface area contributed by atoms with Gasteiger partial charge >= 0.3 is 23.5 Å². The average Bonchev–Trinajstić information content (AvgIpc) is 2.79. The third kappa shape index (κ3) is 3.57. The Hall–Kier alpha value is -1.50. The first-order chi connectivity index (χ1) is 14.0. The van der Waals surface area contributed by atoms with Crippen LogP contribution >= 0.6 is 0 Å². The second kappa shape index (κ2) is 8.21. The molecule has 0 aromatic rings. The molecule has 0 aromatic carbocycles. The van der Waals surface area contributed by atoms with Crippen LogP contribution in [0.4, 0.5) is 0 Å². The van der Waals surface area contributed by atoms with Crippen LogP contribution in [0.2, 0.25) is 0 Å². The second-order valence-electron chi connectivity index (χ2n) is 6.98. The van der Waals surface area contributed by atoms with Gasteiger partial charge in [0, 0.05) is 0 Å². The minimum absolute atomic E-state index is 0.835. The number of hydrogen-bond acceptors (Lipinski definition) is 15. The van der Waals surface area contributed by atoms with E-state index in [4.69, 9.17) is 18.9 Å². The summed E-state index contributed by atoms with van der Waals surface area (Å²) in [7, 11) is 0. The molecule has 0 aromatic heterocycles. The highest BCUT2D eigenvalue weighted by atomic mass is 16.8. The van der Waals surface area contributed by atoms with Crippen LogP contribution in [-0.4, -0.2) is 127 Å². The molecular weight excluding hydrogens is 420 g/mol. The molecule has 3 heterocycles. The largest absolute Gasteiger partial charge is 0.422 e. The quantitative estimate of drug-likeness (QED) is 0.149. The van der Waals surface area contributed by atoms with E-state index in [-0.39, 0.29) is 0 Å². The summed E-state index contributed by atoms with van der Waals surface area (Å²) in [6, 6.07) is 0. The maximum Gasteiger partial charge on any atom is 0.320 e. The fraction of sp³-hybridized carbons (Fsp3) is 0.867. The molecule has 172 valence electrons. The summed E-state index contributed by atoms with van der Waals surface area (Å²) in [5.74, 6) is -8.83. The molecule has 0 aliphatic carbocycles. The lowest BCUT2D eigenvalue weighted by atomic mass is 9.91. The van der Waals surface area contributed by atoms with Crippen molar-refractivity contribution >= 4 is 11.9 Å². The molecule has 3 rings (SSSR count). The van der Waals surface area contributed by atoms with Crippen molar-refractivity contribution in [2.45, 2.75) is 67.2 Å². The van der Waals surface area contributed by atoms with E-state index in [0.717, 1.165) is 0 Å². The van der Waals surface area contributed by atoms with Gasteiger partial charge in [-0.2, -0.15) is 0 Å². The number of carbonyl (C=O) groups is 2. The minimum atomic E-state index is -3.24. The Morgan fingerprint density at radius 3 is 2.20 bits per heavy atom. The van der Waals surface area contributed by atoms with E-state index in [0.29, 0.717) is 0 Å². The Labute approximate surface area is 167 Å². The number of rotatable bonds is 4. The molecule has 10 atom stereocenters. The first-order valence-electron chi connectivity index (χ1n) is 8.76. The van der Waals surface area contributed by atoms with Gasteiger partial charge in [0.25, 0.3) is 0 Å². The summed E-state index contributed by atoms with van der Waals surface area (Å²) >= 11 is 0. The number of carbonyl (C=O) groups excluding carboxylic acids is 2. The topological polar surface area (TPSA) is 242 Å². The molecule has 0 radical (unpaired) electrons. The molecule has 3 aliphatic rings. The Morgan fingerprint density at radius 1 is 0.967 bits per heavy atom. The fourth-order valence-electron chi connectivity index (χ4n) is 3.41. The van der Waals surface area contributed by atoms with E-state index >= 15 is 0 Å². The predicted molar refractivity (Wildman–Crippen MR) is 83.3 cm³/mol. The summed E-state index contributed by atoms with van der Waals surface area (Å²) in [6.45, 7) is -2.21. The average molecular weight is 442 g/mol. The summed E-state index contributed by atoms with van der Waals surface area (Å²) in [4.78, 5) is 23.5. The zero-order valence-electron chi connectivity index (χ0n) is 15.2. The van der Waals surface area contributed by atoms with E-state index in [1.807, 2.05) is 0 Å². The van der Waals surface area contributed by atoms with Crippen molar-refractivity contribution in [3.63, 3.8) is 0 Å². The van der Waals surface area contributed by atoms with Crippen LogP contribution in [0.1, 0.15) is 6.42 Å².